The number of amides is 6. The lowest BCUT2D eigenvalue weighted by molar-refractivity contribution is -0.154. The molecule has 2 aliphatic heterocycles. The molecule has 1 unspecified atom stereocenters. The van der Waals surface area contributed by atoms with Crippen molar-refractivity contribution in [2.45, 2.75) is 199 Å². The summed E-state index contributed by atoms with van der Waals surface area (Å²) in [6, 6.07) is 12.4. The van der Waals surface area contributed by atoms with Crippen LogP contribution in [0.15, 0.2) is 60.9 Å². The quantitative estimate of drug-likeness (QED) is 0.0349. The maximum absolute atomic E-state index is 14.0. The number of fused-ring (bicyclic) bond motifs is 2. The van der Waals surface area contributed by atoms with Crippen LogP contribution in [0.5, 0.6) is 0 Å². The van der Waals surface area contributed by atoms with Crippen molar-refractivity contribution in [3.05, 3.63) is 72.1 Å². The van der Waals surface area contributed by atoms with E-state index in [2.05, 4.69) is 20.6 Å². The van der Waals surface area contributed by atoms with E-state index in [1.54, 1.807) is 9.80 Å². The summed E-state index contributed by atoms with van der Waals surface area (Å²) in [5.74, 6) is -2.60. The SMILES string of the molecule is CCCC[C@H](NC(=O)Cc1c[nH]c2ccccc12)C(=O)N(CCC1CCCCC1)CC(=O)N1CCCCC1C(=O)O.CCCC[C@H](NC(=O)Cc1c[nH]c2ccccc12)C(=O)N(CCC1CCCCC1)CC(=O)N1CCC[C@@H]1C(=O)O. The van der Waals surface area contributed by atoms with Gasteiger partial charge in [-0.1, -0.05) is 140 Å². The van der Waals surface area contributed by atoms with Gasteiger partial charge in [-0.15, -0.1) is 0 Å². The number of hydrogen-bond acceptors (Lipinski definition) is 8. The zero-order valence-electron chi connectivity index (χ0n) is 48.1. The van der Waals surface area contributed by atoms with E-state index in [-0.39, 0.29) is 61.4 Å². The summed E-state index contributed by atoms with van der Waals surface area (Å²) in [7, 11) is 0. The van der Waals surface area contributed by atoms with Crippen molar-refractivity contribution in [1.29, 1.82) is 0 Å². The first-order valence-electron chi connectivity index (χ1n) is 30.5. The van der Waals surface area contributed by atoms with Crippen LogP contribution in [0.3, 0.4) is 0 Å². The molecule has 2 saturated heterocycles. The average Bonchev–Trinajstić information content (AvgIpc) is 4.27. The molecule has 6 N–H and O–H groups in total. The summed E-state index contributed by atoms with van der Waals surface area (Å²) in [5, 5.41) is 27.2. The van der Waals surface area contributed by atoms with Gasteiger partial charge in [-0.3, -0.25) is 28.8 Å². The number of rotatable bonds is 26. The number of H-pyrrole nitrogens is 2. The van der Waals surface area contributed by atoms with Crippen LogP contribution >= 0.6 is 0 Å². The number of benzene rings is 2. The van der Waals surface area contributed by atoms with Gasteiger partial charge in [-0.2, -0.15) is 0 Å². The minimum Gasteiger partial charge on any atom is -0.480 e. The minimum absolute atomic E-state index is 0.148. The van der Waals surface area contributed by atoms with Gasteiger partial charge in [0.2, 0.25) is 35.4 Å². The van der Waals surface area contributed by atoms with E-state index in [4.69, 9.17) is 0 Å². The molecule has 8 rings (SSSR count). The number of nitrogens with zero attached hydrogens (tertiary/aromatic N) is 4. The third-order valence-electron chi connectivity index (χ3n) is 17.3. The molecule has 4 heterocycles. The van der Waals surface area contributed by atoms with Crippen molar-refractivity contribution in [2.75, 3.05) is 39.3 Å². The molecule has 4 fully saturated rings. The molecule has 4 aromatic rings. The third kappa shape index (κ3) is 17.9. The second-order valence-corrected chi connectivity index (χ2v) is 23.2. The number of hydrogen-bond donors (Lipinski definition) is 6. The van der Waals surface area contributed by atoms with Gasteiger partial charge in [-0.25, -0.2) is 9.59 Å². The maximum Gasteiger partial charge on any atom is 0.326 e. The minimum atomic E-state index is -1.00. The summed E-state index contributed by atoms with van der Waals surface area (Å²) < 4.78 is 0. The highest BCUT2D eigenvalue weighted by atomic mass is 16.4. The topological polar surface area (TPSA) is 246 Å². The van der Waals surface area contributed by atoms with E-state index in [0.717, 1.165) is 110 Å². The van der Waals surface area contributed by atoms with Crippen molar-refractivity contribution in [2.24, 2.45) is 11.8 Å². The van der Waals surface area contributed by atoms with Gasteiger partial charge >= 0.3 is 11.9 Å². The highest BCUT2D eigenvalue weighted by Gasteiger charge is 2.38. The standard InChI is InChI=1S/C32H46N4O5.C31H44N4O5/c1-2-3-14-27(34-29(37)20-24-21-33-26-15-8-7-13-25(24)26)31(39)35(19-17-23-11-5-4-6-12-23)22-30(38)36-18-10-9-16-28(36)32(40)41;1-2-3-13-26(33-28(36)19-23-20-32-25-14-8-7-12-24(23)25)30(38)34(18-16-22-10-5-4-6-11-22)21-29(37)35-17-9-15-27(35)31(39)40/h7-8,13,15,21,23,27-28,33H,2-6,9-12,14,16-20,22H2,1H3,(H,34,37)(H,40,41);7-8,12,14,20,22,26-27,32H,2-6,9-11,13,15-19,21H2,1H3,(H,33,36)(H,39,40)/t27-,28?;26-,27+/m00/s1. The summed E-state index contributed by atoms with van der Waals surface area (Å²) in [6.45, 7) is 5.42. The predicted octanol–water partition coefficient (Wildman–Crippen LogP) is 8.91. The lowest BCUT2D eigenvalue weighted by Crippen LogP contribution is -2.55. The van der Waals surface area contributed by atoms with E-state index in [1.165, 1.54) is 48.3 Å². The number of aromatic nitrogens is 2. The second-order valence-electron chi connectivity index (χ2n) is 23.2. The van der Waals surface area contributed by atoms with Crippen LogP contribution in [0, 0.1) is 11.8 Å². The summed E-state index contributed by atoms with van der Waals surface area (Å²) in [5.41, 5.74) is 3.65. The fraction of sp³-hybridized carbons (Fsp3) is 0.619. The molecular formula is C63H90N8O10. The molecule has 0 spiro atoms. The molecule has 2 aromatic carbocycles. The van der Waals surface area contributed by atoms with E-state index < -0.39 is 36.1 Å². The van der Waals surface area contributed by atoms with Crippen LogP contribution in [0.1, 0.15) is 173 Å². The van der Waals surface area contributed by atoms with E-state index in [9.17, 15) is 48.6 Å². The fourth-order valence-electron chi connectivity index (χ4n) is 12.6. The number of unbranched alkanes of at least 4 members (excludes halogenated alkanes) is 2. The van der Waals surface area contributed by atoms with Crippen LogP contribution in [0.2, 0.25) is 0 Å². The predicted molar refractivity (Wildman–Crippen MR) is 312 cm³/mol. The molecule has 2 saturated carbocycles. The molecule has 2 aliphatic carbocycles. The van der Waals surface area contributed by atoms with Crippen molar-refractivity contribution < 1.29 is 48.6 Å². The number of para-hydroxylation sites is 2. The van der Waals surface area contributed by atoms with Crippen LogP contribution in [0.4, 0.5) is 0 Å². The van der Waals surface area contributed by atoms with Gasteiger partial charge in [0.1, 0.15) is 24.2 Å². The Balaban J connectivity index is 0.000000234. The van der Waals surface area contributed by atoms with Gasteiger partial charge in [0.15, 0.2) is 0 Å². The number of aromatic amines is 2. The van der Waals surface area contributed by atoms with Crippen LogP contribution in [-0.4, -0.2) is 151 Å². The first-order valence-corrected chi connectivity index (χ1v) is 30.5. The molecule has 4 atom stereocenters. The van der Waals surface area contributed by atoms with Gasteiger partial charge in [0.05, 0.1) is 25.9 Å². The molecule has 442 valence electrons. The lowest BCUT2D eigenvalue weighted by Gasteiger charge is -2.36. The summed E-state index contributed by atoms with van der Waals surface area (Å²) in [6.07, 6.45) is 24.6. The highest BCUT2D eigenvalue weighted by molar-refractivity contribution is 5.95. The molecule has 6 amide bonds. The number of carbonyl (C=O) groups excluding carboxylic acids is 6. The molecule has 18 heteroatoms. The number of piperidine rings is 1. The number of carboxylic acid groups (broad SMARTS) is 2. The third-order valence-corrected chi connectivity index (χ3v) is 17.3. The van der Waals surface area contributed by atoms with Gasteiger partial charge in [0, 0.05) is 60.4 Å². The Morgan fingerprint density at radius 3 is 1.36 bits per heavy atom. The molecule has 0 bridgehead atoms. The fourth-order valence-corrected chi connectivity index (χ4v) is 12.6. The van der Waals surface area contributed by atoms with E-state index >= 15 is 0 Å². The smallest absolute Gasteiger partial charge is 0.326 e. The van der Waals surface area contributed by atoms with Gasteiger partial charge in [0.25, 0.3) is 0 Å². The largest absolute Gasteiger partial charge is 0.480 e. The van der Waals surface area contributed by atoms with Crippen LogP contribution in [0.25, 0.3) is 21.8 Å². The Kier molecular flexibility index (Phi) is 24.1. The Morgan fingerprint density at radius 2 is 0.938 bits per heavy atom. The van der Waals surface area contributed by atoms with Crippen molar-refractivity contribution in [3.63, 3.8) is 0 Å². The first-order chi connectivity index (χ1) is 39.2. The van der Waals surface area contributed by atoms with Crippen LogP contribution in [-0.2, 0) is 51.2 Å². The van der Waals surface area contributed by atoms with Crippen molar-refractivity contribution in [1.82, 2.24) is 40.2 Å². The summed E-state index contributed by atoms with van der Waals surface area (Å²) in [4.78, 5) is 117. The van der Waals surface area contributed by atoms with E-state index in [1.807, 2.05) is 74.8 Å². The van der Waals surface area contributed by atoms with Crippen molar-refractivity contribution >= 4 is 69.2 Å². The Labute approximate surface area is 477 Å². The number of carbonyl (C=O) groups is 8. The Bertz CT molecular complexity index is 2730. The van der Waals surface area contributed by atoms with E-state index in [0.29, 0.717) is 70.1 Å². The summed E-state index contributed by atoms with van der Waals surface area (Å²) >= 11 is 0. The molecule has 2 aromatic heterocycles. The average molecular weight is 1120 g/mol. The second kappa shape index (κ2) is 31.5. The molecular weight excluding hydrogens is 1030 g/mol. The van der Waals surface area contributed by atoms with Crippen LogP contribution < -0.4 is 10.6 Å². The molecule has 18 nitrogen and oxygen atoms in total. The number of nitrogens with one attached hydrogen (secondary N) is 4. The van der Waals surface area contributed by atoms with Crippen molar-refractivity contribution in [3.8, 4) is 0 Å². The van der Waals surface area contributed by atoms with Gasteiger partial charge < -0.3 is 50.4 Å². The monoisotopic (exact) mass is 1120 g/mol. The maximum atomic E-state index is 14.0. The zero-order chi connectivity index (χ0) is 57.7. The molecule has 0 radical (unpaired) electrons. The highest BCUT2D eigenvalue weighted by Crippen LogP contribution is 2.29. The van der Waals surface area contributed by atoms with Gasteiger partial charge in [-0.05, 0) is 92.9 Å². The first kappa shape index (κ1) is 61.9. The Morgan fingerprint density at radius 1 is 0.543 bits per heavy atom. The molecule has 4 aliphatic rings. The number of aliphatic carboxylic acids is 2. The normalized spacial score (nSPS) is 18.6. The molecule has 81 heavy (non-hydrogen) atoms. The number of likely N-dealkylation sites (tertiary alicyclic amines) is 2. The zero-order valence-corrected chi connectivity index (χ0v) is 48.1. The lowest BCUT2D eigenvalue weighted by atomic mass is 9.87. The Hall–Kier alpha value is -6.72. The number of carboxylic acids is 2.